The van der Waals surface area contributed by atoms with Gasteiger partial charge in [0.15, 0.2) is 0 Å². The smallest absolute Gasteiger partial charge is 0.258 e. The van der Waals surface area contributed by atoms with Gasteiger partial charge >= 0.3 is 0 Å². The van der Waals surface area contributed by atoms with E-state index >= 15 is 0 Å². The van der Waals surface area contributed by atoms with Gasteiger partial charge in [-0.1, -0.05) is 29.8 Å². The maximum atomic E-state index is 12.6. The molecule has 0 bridgehead atoms. The Morgan fingerprint density at radius 3 is 1.70 bits per heavy atom. The van der Waals surface area contributed by atoms with Gasteiger partial charge in [-0.05, 0) is 30.7 Å². The third kappa shape index (κ3) is 2.57. The van der Waals surface area contributed by atoms with Crippen molar-refractivity contribution in [2.45, 2.75) is 6.92 Å². The summed E-state index contributed by atoms with van der Waals surface area (Å²) in [7, 11) is 0. The standard InChI is InChI=1S/C21H12N4O2/c1-11-2-4-14(5-3-11)18-16-17(21(27)24-18)19(25-20(16)26)15-7-12(9-22)6-13(8-15)10-23/h2-8H,1H3,(H,24,27)(H,25,26). The topological polar surface area (TPSA) is 106 Å². The predicted octanol–water partition coefficient (Wildman–Crippen LogP) is 2.12. The van der Waals surface area contributed by atoms with Gasteiger partial charge in [-0.15, -0.1) is 0 Å². The second-order valence-electron chi connectivity index (χ2n) is 6.30. The van der Waals surface area contributed by atoms with E-state index < -0.39 is 11.8 Å². The molecule has 2 N–H and O–H groups in total. The first-order chi connectivity index (χ1) is 13.0. The summed E-state index contributed by atoms with van der Waals surface area (Å²) in [5.74, 6) is -0.787. The Bertz CT molecular complexity index is 1140. The summed E-state index contributed by atoms with van der Waals surface area (Å²) in [6.07, 6.45) is 0. The van der Waals surface area contributed by atoms with Crippen LogP contribution in [0.2, 0.25) is 0 Å². The van der Waals surface area contributed by atoms with Crippen LogP contribution in [0.3, 0.4) is 0 Å². The maximum Gasteiger partial charge on any atom is 0.258 e. The summed E-state index contributed by atoms with van der Waals surface area (Å²) in [4.78, 5) is 25.2. The van der Waals surface area contributed by atoms with Gasteiger partial charge in [0, 0.05) is 5.56 Å². The fourth-order valence-electron chi connectivity index (χ4n) is 3.24. The highest BCUT2D eigenvalue weighted by atomic mass is 16.2. The lowest BCUT2D eigenvalue weighted by molar-refractivity contribution is -0.117. The van der Waals surface area contributed by atoms with Crippen molar-refractivity contribution in [2.75, 3.05) is 0 Å². The number of fused-ring (bicyclic) bond motifs is 1. The van der Waals surface area contributed by atoms with Gasteiger partial charge in [-0.2, -0.15) is 10.5 Å². The number of rotatable bonds is 2. The Labute approximate surface area is 155 Å². The zero-order valence-electron chi connectivity index (χ0n) is 14.3. The largest absolute Gasteiger partial charge is 0.321 e. The summed E-state index contributed by atoms with van der Waals surface area (Å²) in [5, 5.41) is 23.8. The molecule has 0 saturated carbocycles. The number of hydrogen-bond donors (Lipinski definition) is 2. The number of hydrogen-bond acceptors (Lipinski definition) is 4. The van der Waals surface area contributed by atoms with E-state index in [-0.39, 0.29) is 22.3 Å². The molecule has 2 aliphatic rings. The number of nitriles is 2. The van der Waals surface area contributed by atoms with E-state index in [1.165, 1.54) is 6.07 Å². The molecule has 2 heterocycles. The quantitative estimate of drug-likeness (QED) is 0.863. The molecule has 2 aliphatic heterocycles. The molecule has 4 rings (SSSR count). The third-order valence-electron chi connectivity index (χ3n) is 4.50. The van der Waals surface area contributed by atoms with Crippen molar-refractivity contribution < 1.29 is 9.59 Å². The number of amides is 2. The van der Waals surface area contributed by atoms with E-state index in [1.807, 2.05) is 43.3 Å². The number of benzene rings is 2. The highest BCUT2D eigenvalue weighted by molar-refractivity contribution is 6.30. The van der Waals surface area contributed by atoms with E-state index in [0.29, 0.717) is 17.0 Å². The molecule has 2 aromatic rings. The Balaban J connectivity index is 1.92. The van der Waals surface area contributed by atoms with Crippen molar-refractivity contribution in [3.8, 4) is 12.1 Å². The average Bonchev–Trinajstić information content (AvgIpc) is 3.20. The molecule has 0 fully saturated rings. The molecule has 0 saturated heterocycles. The molecule has 0 spiro atoms. The lowest BCUT2D eigenvalue weighted by atomic mass is 9.99. The molecule has 6 nitrogen and oxygen atoms in total. The SMILES string of the molecule is Cc1ccc(C2=C3C(=O)NC(c4cc(C#N)cc(C#N)c4)=C3C(=O)N2)cc1. The lowest BCUT2D eigenvalue weighted by Gasteiger charge is -2.08. The van der Waals surface area contributed by atoms with Crippen molar-refractivity contribution in [1.82, 2.24) is 10.6 Å². The number of nitrogens with zero attached hydrogens (tertiary/aromatic N) is 2. The number of nitrogens with one attached hydrogen (secondary N) is 2. The maximum absolute atomic E-state index is 12.6. The van der Waals surface area contributed by atoms with E-state index in [9.17, 15) is 20.1 Å². The van der Waals surface area contributed by atoms with Crippen LogP contribution < -0.4 is 10.6 Å². The average molecular weight is 352 g/mol. The summed E-state index contributed by atoms with van der Waals surface area (Å²) in [6, 6.07) is 16.0. The van der Waals surface area contributed by atoms with Gasteiger partial charge in [0.2, 0.25) is 0 Å². The molecule has 0 aromatic heterocycles. The van der Waals surface area contributed by atoms with Crippen LogP contribution in [0.25, 0.3) is 11.4 Å². The second-order valence-corrected chi connectivity index (χ2v) is 6.30. The van der Waals surface area contributed by atoms with Crippen LogP contribution in [0, 0.1) is 29.6 Å². The summed E-state index contributed by atoms with van der Waals surface area (Å²) in [5.41, 5.74) is 4.08. The molecule has 6 heteroatoms. The minimum absolute atomic E-state index is 0.231. The van der Waals surface area contributed by atoms with Gasteiger partial charge in [0.25, 0.3) is 11.8 Å². The van der Waals surface area contributed by atoms with Gasteiger partial charge in [-0.25, -0.2) is 0 Å². The van der Waals surface area contributed by atoms with Crippen molar-refractivity contribution in [3.63, 3.8) is 0 Å². The van der Waals surface area contributed by atoms with Crippen LogP contribution in [0.5, 0.6) is 0 Å². The molecule has 0 atom stereocenters. The Morgan fingerprint density at radius 1 is 0.741 bits per heavy atom. The molecule has 0 aliphatic carbocycles. The van der Waals surface area contributed by atoms with Crippen molar-refractivity contribution in [3.05, 3.63) is 81.4 Å². The Hall–Kier alpha value is -4.16. The summed E-state index contributed by atoms with van der Waals surface area (Å²) >= 11 is 0. The zero-order chi connectivity index (χ0) is 19.1. The molecule has 0 unspecified atom stereocenters. The zero-order valence-corrected chi connectivity index (χ0v) is 14.3. The molecular formula is C21H12N4O2. The van der Waals surface area contributed by atoms with Crippen LogP contribution in [0.15, 0.2) is 53.6 Å². The molecule has 2 aromatic carbocycles. The van der Waals surface area contributed by atoms with Gasteiger partial charge in [0.05, 0.1) is 45.8 Å². The van der Waals surface area contributed by atoms with Crippen molar-refractivity contribution in [2.24, 2.45) is 0 Å². The van der Waals surface area contributed by atoms with E-state index in [0.717, 1.165) is 11.1 Å². The van der Waals surface area contributed by atoms with Crippen LogP contribution in [0.4, 0.5) is 0 Å². The second kappa shape index (κ2) is 5.98. The molecule has 2 amide bonds. The van der Waals surface area contributed by atoms with Crippen LogP contribution >= 0.6 is 0 Å². The monoisotopic (exact) mass is 352 g/mol. The molecule has 27 heavy (non-hydrogen) atoms. The van der Waals surface area contributed by atoms with Gasteiger partial charge in [0.1, 0.15) is 0 Å². The fourth-order valence-corrected chi connectivity index (χ4v) is 3.24. The first-order valence-electron chi connectivity index (χ1n) is 8.16. The highest BCUT2D eigenvalue weighted by Crippen LogP contribution is 2.37. The summed E-state index contributed by atoms with van der Waals surface area (Å²) in [6.45, 7) is 1.95. The number of carbonyl (C=O) groups is 2. The molecular weight excluding hydrogens is 340 g/mol. The Kier molecular flexibility index (Phi) is 3.61. The van der Waals surface area contributed by atoms with Crippen LogP contribution in [-0.4, -0.2) is 11.8 Å². The van der Waals surface area contributed by atoms with E-state index in [1.54, 1.807) is 12.1 Å². The number of carbonyl (C=O) groups excluding carboxylic acids is 2. The number of aryl methyl sites for hydroxylation is 1. The van der Waals surface area contributed by atoms with Crippen molar-refractivity contribution >= 4 is 23.2 Å². The van der Waals surface area contributed by atoms with E-state index in [2.05, 4.69) is 10.6 Å². The van der Waals surface area contributed by atoms with Gasteiger partial charge < -0.3 is 10.6 Å². The van der Waals surface area contributed by atoms with Crippen LogP contribution in [-0.2, 0) is 9.59 Å². The molecule has 0 radical (unpaired) electrons. The van der Waals surface area contributed by atoms with Crippen molar-refractivity contribution in [1.29, 1.82) is 10.5 Å². The predicted molar refractivity (Wildman–Crippen MR) is 97.2 cm³/mol. The minimum Gasteiger partial charge on any atom is -0.321 e. The van der Waals surface area contributed by atoms with Crippen LogP contribution in [0.1, 0.15) is 27.8 Å². The lowest BCUT2D eigenvalue weighted by Crippen LogP contribution is -2.21. The summed E-state index contributed by atoms with van der Waals surface area (Å²) < 4.78 is 0. The van der Waals surface area contributed by atoms with E-state index in [4.69, 9.17) is 0 Å². The normalized spacial score (nSPS) is 15.2. The first kappa shape index (κ1) is 16.3. The molecule has 128 valence electrons. The highest BCUT2D eigenvalue weighted by Gasteiger charge is 2.40. The first-order valence-corrected chi connectivity index (χ1v) is 8.16. The third-order valence-corrected chi connectivity index (χ3v) is 4.50. The minimum atomic E-state index is -0.394. The Morgan fingerprint density at radius 2 is 1.22 bits per heavy atom. The fraction of sp³-hybridized carbons (Fsp3) is 0.0476. The van der Waals surface area contributed by atoms with Gasteiger partial charge in [-0.3, -0.25) is 9.59 Å².